The molecule has 1 aliphatic carbocycles. The van der Waals surface area contributed by atoms with Crippen LogP contribution in [-0.4, -0.2) is 19.2 Å². The van der Waals surface area contributed by atoms with Gasteiger partial charge in [0, 0.05) is 12.4 Å². The number of amides is 1. The molecule has 2 aromatic rings. The van der Waals surface area contributed by atoms with Crippen LogP contribution in [0.2, 0.25) is 0 Å². The van der Waals surface area contributed by atoms with Gasteiger partial charge in [-0.25, -0.2) is 4.79 Å². The standard InChI is InChI=1S/C20H23NO2/c1-21(19-15-9-11-16-10-7-8-14-18(16)19)20(22)23-17-12-5-3-2-4-6-13-17/h5,7-12,14-15,17H,2-4,6,13H2,1H3/b12-5+. The second-order valence-electron chi connectivity index (χ2n) is 6.05. The summed E-state index contributed by atoms with van der Waals surface area (Å²) in [6, 6.07) is 14.1. The topological polar surface area (TPSA) is 29.5 Å². The summed E-state index contributed by atoms with van der Waals surface area (Å²) >= 11 is 0. The van der Waals surface area contributed by atoms with Crippen LogP contribution in [0.3, 0.4) is 0 Å². The van der Waals surface area contributed by atoms with Crippen molar-refractivity contribution in [3.05, 3.63) is 54.6 Å². The van der Waals surface area contributed by atoms with E-state index in [1.54, 1.807) is 11.9 Å². The van der Waals surface area contributed by atoms with Crippen LogP contribution in [0, 0.1) is 0 Å². The molecule has 1 atom stereocenters. The molecule has 0 aromatic heterocycles. The highest BCUT2D eigenvalue weighted by atomic mass is 16.6. The molecule has 3 rings (SSSR count). The molecule has 3 nitrogen and oxygen atoms in total. The van der Waals surface area contributed by atoms with Gasteiger partial charge in [0.1, 0.15) is 6.10 Å². The number of anilines is 1. The van der Waals surface area contributed by atoms with Crippen LogP contribution in [-0.2, 0) is 4.74 Å². The minimum atomic E-state index is -0.295. The average molecular weight is 309 g/mol. The molecule has 2 aromatic carbocycles. The Labute approximate surface area is 137 Å². The third-order valence-electron chi connectivity index (χ3n) is 4.36. The molecular weight excluding hydrogens is 286 g/mol. The second-order valence-corrected chi connectivity index (χ2v) is 6.05. The van der Waals surface area contributed by atoms with Crippen molar-refractivity contribution >= 4 is 22.6 Å². The number of benzene rings is 2. The predicted molar refractivity (Wildman–Crippen MR) is 94.8 cm³/mol. The summed E-state index contributed by atoms with van der Waals surface area (Å²) in [5, 5.41) is 2.18. The van der Waals surface area contributed by atoms with Crippen molar-refractivity contribution in [2.45, 2.75) is 38.2 Å². The van der Waals surface area contributed by atoms with Crippen LogP contribution in [0.25, 0.3) is 10.8 Å². The molecule has 1 unspecified atom stereocenters. The molecule has 0 radical (unpaired) electrons. The van der Waals surface area contributed by atoms with E-state index in [0.717, 1.165) is 35.7 Å². The minimum Gasteiger partial charge on any atom is -0.442 e. The van der Waals surface area contributed by atoms with E-state index in [0.29, 0.717) is 0 Å². The lowest BCUT2D eigenvalue weighted by molar-refractivity contribution is 0.121. The summed E-state index contributed by atoms with van der Waals surface area (Å²) < 4.78 is 5.69. The van der Waals surface area contributed by atoms with Crippen LogP contribution < -0.4 is 4.90 Å². The van der Waals surface area contributed by atoms with Gasteiger partial charge in [-0.3, -0.25) is 4.90 Å². The number of hydrogen-bond acceptors (Lipinski definition) is 2. The monoisotopic (exact) mass is 309 g/mol. The SMILES string of the molecule is CN(C(=O)OC1/C=C/CCCCC1)c1cccc2ccccc12. The van der Waals surface area contributed by atoms with Gasteiger partial charge in [-0.05, 0) is 43.2 Å². The maximum absolute atomic E-state index is 12.5. The predicted octanol–water partition coefficient (Wildman–Crippen LogP) is 5.30. The van der Waals surface area contributed by atoms with Crippen molar-refractivity contribution in [3.8, 4) is 0 Å². The number of hydrogen-bond donors (Lipinski definition) is 0. The molecule has 0 fully saturated rings. The molecule has 0 saturated carbocycles. The number of carbonyl (C=O) groups excluding carboxylic acids is 1. The van der Waals surface area contributed by atoms with Crippen molar-refractivity contribution in [3.63, 3.8) is 0 Å². The van der Waals surface area contributed by atoms with Gasteiger partial charge in [-0.1, -0.05) is 48.9 Å². The maximum Gasteiger partial charge on any atom is 0.414 e. The minimum absolute atomic E-state index is 0.111. The second kappa shape index (κ2) is 7.32. The molecule has 0 heterocycles. The Balaban J connectivity index is 1.77. The Kier molecular flexibility index (Phi) is 4.96. The molecule has 0 bridgehead atoms. The summed E-state index contributed by atoms with van der Waals surface area (Å²) in [5.74, 6) is 0. The smallest absolute Gasteiger partial charge is 0.414 e. The summed E-state index contributed by atoms with van der Waals surface area (Å²) in [4.78, 5) is 14.1. The lowest BCUT2D eigenvalue weighted by Gasteiger charge is -2.23. The van der Waals surface area contributed by atoms with Gasteiger partial charge >= 0.3 is 6.09 Å². The van der Waals surface area contributed by atoms with Gasteiger partial charge in [0.15, 0.2) is 0 Å². The van der Waals surface area contributed by atoms with Crippen molar-refractivity contribution in [1.82, 2.24) is 0 Å². The molecule has 23 heavy (non-hydrogen) atoms. The fraction of sp³-hybridized carbons (Fsp3) is 0.350. The van der Waals surface area contributed by atoms with E-state index in [9.17, 15) is 4.79 Å². The fourth-order valence-corrected chi connectivity index (χ4v) is 3.03. The van der Waals surface area contributed by atoms with Gasteiger partial charge in [0.25, 0.3) is 0 Å². The normalized spacial score (nSPS) is 19.6. The first kappa shape index (κ1) is 15.6. The fourth-order valence-electron chi connectivity index (χ4n) is 3.03. The van der Waals surface area contributed by atoms with E-state index in [4.69, 9.17) is 4.74 Å². The van der Waals surface area contributed by atoms with E-state index < -0.39 is 0 Å². The Bertz CT molecular complexity index is 702. The summed E-state index contributed by atoms with van der Waals surface area (Å²) in [7, 11) is 1.77. The number of rotatable bonds is 2. The third kappa shape index (κ3) is 3.73. The van der Waals surface area contributed by atoms with E-state index in [1.807, 2.05) is 36.4 Å². The summed E-state index contributed by atoms with van der Waals surface area (Å²) in [5.41, 5.74) is 0.878. The highest BCUT2D eigenvalue weighted by molar-refractivity contribution is 6.01. The van der Waals surface area contributed by atoms with Crippen molar-refractivity contribution < 1.29 is 9.53 Å². The molecule has 0 spiro atoms. The van der Waals surface area contributed by atoms with Crippen LogP contribution in [0.1, 0.15) is 32.1 Å². The molecule has 1 amide bonds. The molecule has 3 heteroatoms. The lowest BCUT2D eigenvalue weighted by atomic mass is 10.0. The van der Waals surface area contributed by atoms with Gasteiger partial charge in [-0.15, -0.1) is 0 Å². The Morgan fingerprint density at radius 2 is 1.91 bits per heavy atom. The highest BCUT2D eigenvalue weighted by Gasteiger charge is 2.18. The number of allylic oxidation sites excluding steroid dienone is 1. The van der Waals surface area contributed by atoms with Crippen molar-refractivity contribution in [2.24, 2.45) is 0 Å². The number of carbonyl (C=O) groups is 1. The summed E-state index contributed by atoms with van der Waals surface area (Å²) in [6.07, 6.45) is 9.30. The van der Waals surface area contributed by atoms with Crippen LogP contribution in [0.5, 0.6) is 0 Å². The van der Waals surface area contributed by atoms with E-state index in [2.05, 4.69) is 18.2 Å². The van der Waals surface area contributed by atoms with Crippen LogP contribution in [0.15, 0.2) is 54.6 Å². The Hall–Kier alpha value is -2.29. The molecule has 0 N–H and O–H groups in total. The molecule has 0 saturated heterocycles. The van der Waals surface area contributed by atoms with E-state index >= 15 is 0 Å². The van der Waals surface area contributed by atoms with Crippen LogP contribution >= 0.6 is 0 Å². The first-order valence-corrected chi connectivity index (χ1v) is 8.34. The lowest BCUT2D eigenvalue weighted by Crippen LogP contribution is -2.30. The van der Waals surface area contributed by atoms with Crippen molar-refractivity contribution in [2.75, 3.05) is 11.9 Å². The van der Waals surface area contributed by atoms with Crippen molar-refractivity contribution in [1.29, 1.82) is 0 Å². The Morgan fingerprint density at radius 1 is 1.09 bits per heavy atom. The number of nitrogens with zero attached hydrogens (tertiary/aromatic N) is 1. The quantitative estimate of drug-likeness (QED) is 0.704. The molecule has 1 aliphatic rings. The maximum atomic E-state index is 12.5. The zero-order valence-electron chi connectivity index (χ0n) is 13.6. The average Bonchev–Trinajstić information content (AvgIpc) is 2.56. The number of fused-ring (bicyclic) bond motifs is 1. The van der Waals surface area contributed by atoms with Gasteiger partial charge in [-0.2, -0.15) is 0 Å². The number of ether oxygens (including phenoxy) is 1. The Morgan fingerprint density at radius 3 is 2.83 bits per heavy atom. The van der Waals surface area contributed by atoms with Crippen LogP contribution in [0.4, 0.5) is 10.5 Å². The zero-order valence-corrected chi connectivity index (χ0v) is 13.6. The molecular formula is C20H23NO2. The van der Waals surface area contributed by atoms with E-state index in [1.165, 1.54) is 12.8 Å². The summed E-state index contributed by atoms with van der Waals surface area (Å²) in [6.45, 7) is 0. The largest absolute Gasteiger partial charge is 0.442 e. The van der Waals surface area contributed by atoms with Gasteiger partial charge in [0.2, 0.25) is 0 Å². The third-order valence-corrected chi connectivity index (χ3v) is 4.36. The molecule has 120 valence electrons. The zero-order chi connectivity index (χ0) is 16.1. The van der Waals surface area contributed by atoms with Gasteiger partial charge in [0.05, 0.1) is 5.69 Å². The van der Waals surface area contributed by atoms with E-state index in [-0.39, 0.29) is 12.2 Å². The van der Waals surface area contributed by atoms with Gasteiger partial charge < -0.3 is 4.74 Å². The first-order chi connectivity index (χ1) is 11.3. The molecule has 0 aliphatic heterocycles. The highest BCUT2D eigenvalue weighted by Crippen LogP contribution is 2.26. The first-order valence-electron chi connectivity index (χ1n) is 8.34.